The summed E-state index contributed by atoms with van der Waals surface area (Å²) in [4.78, 5) is 4.27. The lowest BCUT2D eigenvalue weighted by Crippen LogP contribution is -2.18. The molecule has 0 bridgehead atoms. The third kappa shape index (κ3) is 1.96. The van der Waals surface area contributed by atoms with Gasteiger partial charge >= 0.3 is 0 Å². The fourth-order valence-electron chi connectivity index (χ4n) is 1.93. The first-order chi connectivity index (χ1) is 8.36. The van der Waals surface area contributed by atoms with Crippen molar-refractivity contribution in [3.8, 4) is 11.6 Å². The number of nitrogens with zero attached hydrogens (tertiary/aromatic N) is 2. The number of aromatic nitrogens is 2. The molecule has 0 amide bonds. The van der Waals surface area contributed by atoms with Crippen LogP contribution in [0.1, 0.15) is 24.8 Å². The second kappa shape index (κ2) is 4.31. The molecule has 6 nitrogen and oxygen atoms in total. The van der Waals surface area contributed by atoms with Gasteiger partial charge in [0, 0.05) is 6.54 Å². The Morgan fingerprint density at radius 2 is 2.35 bits per heavy atom. The van der Waals surface area contributed by atoms with Gasteiger partial charge in [-0.15, -0.1) is 0 Å². The number of nitrogens with two attached hydrogens (primary N) is 1. The second-order valence-corrected chi connectivity index (χ2v) is 3.99. The minimum Gasteiger partial charge on any atom is -0.461 e. The van der Waals surface area contributed by atoms with Gasteiger partial charge < -0.3 is 19.4 Å². The molecule has 2 atom stereocenters. The maximum absolute atomic E-state index is 5.68. The van der Waals surface area contributed by atoms with Crippen molar-refractivity contribution in [3.63, 3.8) is 0 Å². The molecular weight excluding hydrogens is 222 g/mol. The van der Waals surface area contributed by atoms with Crippen LogP contribution in [0.15, 0.2) is 27.3 Å². The standard InChI is InChI=1S/C11H13N3O3/c12-6-7-3-4-9(16-7)11-13-10(14-17-11)8-2-1-5-15-8/h1-2,5,7,9H,3-4,6,12H2. The van der Waals surface area contributed by atoms with E-state index < -0.39 is 0 Å². The van der Waals surface area contributed by atoms with Crippen molar-refractivity contribution in [3.05, 3.63) is 24.3 Å². The Hall–Kier alpha value is -1.66. The molecule has 0 aromatic carbocycles. The Morgan fingerprint density at radius 3 is 3.06 bits per heavy atom. The Bertz CT molecular complexity index is 480. The summed E-state index contributed by atoms with van der Waals surface area (Å²) in [5.74, 6) is 1.53. The van der Waals surface area contributed by atoms with Crippen LogP contribution in [-0.2, 0) is 4.74 Å². The summed E-state index contributed by atoms with van der Waals surface area (Å²) in [5.41, 5.74) is 5.55. The van der Waals surface area contributed by atoms with Crippen LogP contribution in [-0.4, -0.2) is 22.8 Å². The second-order valence-electron chi connectivity index (χ2n) is 3.99. The predicted octanol–water partition coefficient (Wildman–Crippen LogP) is 1.51. The predicted molar refractivity (Wildman–Crippen MR) is 57.9 cm³/mol. The highest BCUT2D eigenvalue weighted by Crippen LogP contribution is 2.32. The normalized spacial score (nSPS) is 24.3. The van der Waals surface area contributed by atoms with E-state index in [2.05, 4.69) is 10.1 Å². The van der Waals surface area contributed by atoms with Crippen LogP contribution in [0.2, 0.25) is 0 Å². The third-order valence-electron chi connectivity index (χ3n) is 2.83. The molecule has 1 aliphatic rings. The highest BCUT2D eigenvalue weighted by atomic mass is 16.5. The van der Waals surface area contributed by atoms with Gasteiger partial charge in [0.05, 0.1) is 12.4 Å². The van der Waals surface area contributed by atoms with Gasteiger partial charge in [0.2, 0.25) is 5.82 Å². The number of hydrogen-bond donors (Lipinski definition) is 1. The molecule has 90 valence electrons. The molecule has 3 rings (SSSR count). The van der Waals surface area contributed by atoms with Crippen molar-refractivity contribution < 1.29 is 13.7 Å². The first-order valence-corrected chi connectivity index (χ1v) is 5.60. The van der Waals surface area contributed by atoms with Crippen molar-refractivity contribution in [1.29, 1.82) is 0 Å². The summed E-state index contributed by atoms with van der Waals surface area (Å²) in [7, 11) is 0. The van der Waals surface area contributed by atoms with Crippen molar-refractivity contribution >= 4 is 0 Å². The zero-order valence-electron chi connectivity index (χ0n) is 9.20. The summed E-state index contributed by atoms with van der Waals surface area (Å²) in [6.07, 6.45) is 3.32. The summed E-state index contributed by atoms with van der Waals surface area (Å²) < 4.78 is 16.0. The van der Waals surface area contributed by atoms with Gasteiger partial charge in [-0.1, -0.05) is 5.16 Å². The van der Waals surface area contributed by atoms with Gasteiger partial charge in [-0.25, -0.2) is 0 Å². The molecule has 1 aliphatic heterocycles. The third-order valence-corrected chi connectivity index (χ3v) is 2.83. The summed E-state index contributed by atoms with van der Waals surface area (Å²) in [6.45, 7) is 0.523. The van der Waals surface area contributed by atoms with E-state index in [1.54, 1.807) is 18.4 Å². The number of furan rings is 1. The zero-order valence-corrected chi connectivity index (χ0v) is 9.20. The molecule has 2 N–H and O–H groups in total. The molecule has 3 heterocycles. The Kier molecular flexibility index (Phi) is 2.66. The van der Waals surface area contributed by atoms with Gasteiger partial charge in [-0.2, -0.15) is 4.98 Å². The van der Waals surface area contributed by atoms with E-state index in [4.69, 9.17) is 19.4 Å². The van der Waals surface area contributed by atoms with Crippen LogP contribution in [0.25, 0.3) is 11.6 Å². The van der Waals surface area contributed by atoms with Crippen LogP contribution in [0.5, 0.6) is 0 Å². The first kappa shape index (κ1) is 10.5. The highest BCUT2D eigenvalue weighted by Gasteiger charge is 2.30. The molecule has 2 unspecified atom stereocenters. The lowest BCUT2D eigenvalue weighted by Gasteiger charge is -2.07. The monoisotopic (exact) mass is 235 g/mol. The Labute approximate surface area is 97.7 Å². The fourth-order valence-corrected chi connectivity index (χ4v) is 1.93. The van der Waals surface area contributed by atoms with Crippen molar-refractivity contribution in [2.75, 3.05) is 6.54 Å². The van der Waals surface area contributed by atoms with E-state index in [1.807, 2.05) is 0 Å². The maximum Gasteiger partial charge on any atom is 0.256 e. The molecule has 1 fully saturated rings. The van der Waals surface area contributed by atoms with E-state index >= 15 is 0 Å². The molecule has 0 aliphatic carbocycles. The van der Waals surface area contributed by atoms with Gasteiger partial charge in [0.1, 0.15) is 6.10 Å². The van der Waals surface area contributed by atoms with Crippen molar-refractivity contribution in [2.45, 2.75) is 25.0 Å². The number of ether oxygens (including phenoxy) is 1. The van der Waals surface area contributed by atoms with Crippen LogP contribution in [0.3, 0.4) is 0 Å². The molecule has 0 saturated carbocycles. The topological polar surface area (TPSA) is 87.3 Å². The molecule has 2 aromatic rings. The van der Waals surface area contributed by atoms with Crippen LogP contribution in [0, 0.1) is 0 Å². The molecule has 17 heavy (non-hydrogen) atoms. The summed E-state index contributed by atoms with van der Waals surface area (Å²) in [6, 6.07) is 3.56. The molecule has 0 spiro atoms. The summed E-state index contributed by atoms with van der Waals surface area (Å²) in [5, 5.41) is 3.86. The van der Waals surface area contributed by atoms with Crippen molar-refractivity contribution in [2.24, 2.45) is 5.73 Å². The zero-order chi connectivity index (χ0) is 11.7. The van der Waals surface area contributed by atoms with Crippen molar-refractivity contribution in [1.82, 2.24) is 10.1 Å². The molecule has 0 radical (unpaired) electrons. The van der Waals surface area contributed by atoms with E-state index in [1.165, 1.54) is 0 Å². The van der Waals surface area contributed by atoms with E-state index in [-0.39, 0.29) is 12.2 Å². The minimum atomic E-state index is -0.139. The Balaban J connectivity index is 1.77. The number of rotatable bonds is 3. The lowest BCUT2D eigenvalue weighted by atomic mass is 10.2. The van der Waals surface area contributed by atoms with Gasteiger partial charge in [-0.05, 0) is 25.0 Å². The van der Waals surface area contributed by atoms with Crippen LogP contribution in [0.4, 0.5) is 0 Å². The van der Waals surface area contributed by atoms with Gasteiger partial charge in [-0.3, -0.25) is 0 Å². The van der Waals surface area contributed by atoms with Crippen LogP contribution >= 0.6 is 0 Å². The lowest BCUT2D eigenvalue weighted by molar-refractivity contribution is 0.0307. The smallest absolute Gasteiger partial charge is 0.256 e. The average molecular weight is 235 g/mol. The quantitative estimate of drug-likeness (QED) is 0.867. The van der Waals surface area contributed by atoms with E-state index in [0.29, 0.717) is 24.0 Å². The van der Waals surface area contributed by atoms with E-state index in [9.17, 15) is 0 Å². The van der Waals surface area contributed by atoms with E-state index in [0.717, 1.165) is 12.8 Å². The summed E-state index contributed by atoms with van der Waals surface area (Å²) >= 11 is 0. The molecular formula is C11H13N3O3. The SMILES string of the molecule is NCC1CCC(c2nc(-c3ccco3)no2)O1. The van der Waals surface area contributed by atoms with Gasteiger partial charge in [0.25, 0.3) is 5.89 Å². The molecule has 2 aromatic heterocycles. The highest BCUT2D eigenvalue weighted by molar-refractivity contribution is 5.44. The molecule has 6 heteroatoms. The largest absolute Gasteiger partial charge is 0.461 e. The maximum atomic E-state index is 5.68. The van der Waals surface area contributed by atoms with Crippen LogP contribution < -0.4 is 5.73 Å². The Morgan fingerprint density at radius 1 is 1.41 bits per heavy atom. The molecule has 1 saturated heterocycles. The minimum absolute atomic E-state index is 0.0963. The van der Waals surface area contributed by atoms with Gasteiger partial charge in [0.15, 0.2) is 5.76 Å². The first-order valence-electron chi connectivity index (χ1n) is 5.60. The fraction of sp³-hybridized carbons (Fsp3) is 0.455. The number of hydrogen-bond acceptors (Lipinski definition) is 6. The average Bonchev–Trinajstić information content (AvgIpc) is 3.09.